The van der Waals surface area contributed by atoms with Crippen LogP contribution in [0.15, 0.2) is 42.7 Å². The highest BCUT2D eigenvalue weighted by Crippen LogP contribution is 2.20. The van der Waals surface area contributed by atoms with Gasteiger partial charge in [0.05, 0.1) is 6.10 Å². The van der Waals surface area contributed by atoms with Gasteiger partial charge < -0.3 is 5.11 Å². The van der Waals surface area contributed by atoms with E-state index in [1.165, 1.54) is 12.1 Å². The molecule has 0 aliphatic carbocycles. The molecule has 1 aromatic carbocycles. The summed E-state index contributed by atoms with van der Waals surface area (Å²) in [7, 11) is 0. The van der Waals surface area contributed by atoms with Crippen molar-refractivity contribution in [1.29, 1.82) is 0 Å². The number of rotatable bonds is 3. The Morgan fingerprint density at radius 1 is 1.35 bits per heavy atom. The van der Waals surface area contributed by atoms with E-state index in [1.807, 2.05) is 13.0 Å². The Labute approximate surface area is 99.8 Å². The Kier molecular flexibility index (Phi) is 3.49. The number of aliphatic hydroxyl groups is 1. The highest BCUT2D eigenvalue weighted by molar-refractivity contribution is 5.28. The van der Waals surface area contributed by atoms with Crippen molar-refractivity contribution >= 4 is 0 Å². The molecular formula is C14H14FNO. The predicted octanol–water partition coefficient (Wildman–Crippen LogP) is 2.81. The second-order valence-corrected chi connectivity index (χ2v) is 4.08. The maximum absolute atomic E-state index is 12.9. The van der Waals surface area contributed by atoms with Crippen LogP contribution in [0.5, 0.6) is 0 Å². The van der Waals surface area contributed by atoms with Crippen molar-refractivity contribution in [1.82, 2.24) is 4.98 Å². The van der Waals surface area contributed by atoms with Crippen molar-refractivity contribution in [2.45, 2.75) is 19.4 Å². The number of hydrogen-bond donors (Lipinski definition) is 1. The molecule has 2 nitrogen and oxygen atoms in total. The van der Waals surface area contributed by atoms with Crippen molar-refractivity contribution in [3.8, 4) is 0 Å². The van der Waals surface area contributed by atoms with E-state index in [4.69, 9.17) is 0 Å². The number of aliphatic hydroxyl groups excluding tert-OH is 1. The van der Waals surface area contributed by atoms with Gasteiger partial charge >= 0.3 is 0 Å². The molecule has 0 saturated carbocycles. The number of benzene rings is 1. The molecular weight excluding hydrogens is 217 g/mol. The minimum Gasteiger partial charge on any atom is -0.388 e. The van der Waals surface area contributed by atoms with E-state index in [0.29, 0.717) is 6.42 Å². The molecule has 1 N–H and O–H groups in total. The quantitative estimate of drug-likeness (QED) is 0.881. The first-order chi connectivity index (χ1) is 8.16. The molecule has 1 aromatic heterocycles. The van der Waals surface area contributed by atoms with Crippen LogP contribution >= 0.6 is 0 Å². The Morgan fingerprint density at radius 2 is 2.18 bits per heavy atom. The van der Waals surface area contributed by atoms with Gasteiger partial charge in [0.1, 0.15) is 5.82 Å². The molecule has 3 heteroatoms. The monoisotopic (exact) mass is 231 g/mol. The summed E-state index contributed by atoms with van der Waals surface area (Å²) in [4.78, 5) is 3.96. The largest absolute Gasteiger partial charge is 0.388 e. The summed E-state index contributed by atoms with van der Waals surface area (Å²) in [6, 6.07) is 8.22. The molecule has 0 radical (unpaired) electrons. The molecule has 88 valence electrons. The van der Waals surface area contributed by atoms with E-state index in [-0.39, 0.29) is 5.82 Å². The molecule has 0 bridgehead atoms. The zero-order valence-electron chi connectivity index (χ0n) is 9.60. The summed E-state index contributed by atoms with van der Waals surface area (Å²) >= 11 is 0. The van der Waals surface area contributed by atoms with Gasteiger partial charge in [0.15, 0.2) is 0 Å². The van der Waals surface area contributed by atoms with Crippen LogP contribution in [0, 0.1) is 12.7 Å². The summed E-state index contributed by atoms with van der Waals surface area (Å²) in [6.45, 7) is 1.84. The lowest BCUT2D eigenvalue weighted by Crippen LogP contribution is -2.03. The minimum absolute atomic E-state index is 0.248. The van der Waals surface area contributed by atoms with Gasteiger partial charge in [-0.1, -0.05) is 12.1 Å². The van der Waals surface area contributed by atoms with Crippen LogP contribution in [0.1, 0.15) is 22.8 Å². The summed E-state index contributed by atoms with van der Waals surface area (Å²) in [5, 5.41) is 10.0. The van der Waals surface area contributed by atoms with E-state index >= 15 is 0 Å². The zero-order chi connectivity index (χ0) is 12.3. The normalized spacial score (nSPS) is 12.4. The number of nitrogens with zero attached hydrogens (tertiary/aromatic N) is 1. The maximum Gasteiger partial charge on any atom is 0.123 e. The predicted molar refractivity (Wildman–Crippen MR) is 64.0 cm³/mol. The topological polar surface area (TPSA) is 33.1 Å². The van der Waals surface area contributed by atoms with Gasteiger partial charge in [-0.2, -0.15) is 0 Å². The Hall–Kier alpha value is -1.74. The fourth-order valence-electron chi connectivity index (χ4n) is 1.79. The number of halogens is 1. The molecule has 0 spiro atoms. The number of aromatic nitrogens is 1. The fourth-order valence-corrected chi connectivity index (χ4v) is 1.79. The van der Waals surface area contributed by atoms with E-state index < -0.39 is 6.10 Å². The summed E-state index contributed by atoms with van der Waals surface area (Å²) in [5.74, 6) is -0.248. The lowest BCUT2D eigenvalue weighted by molar-refractivity contribution is 0.178. The molecule has 0 aliphatic heterocycles. The second-order valence-electron chi connectivity index (χ2n) is 4.08. The molecule has 1 heterocycles. The van der Waals surface area contributed by atoms with Gasteiger partial charge in [-0.3, -0.25) is 4.98 Å². The minimum atomic E-state index is -0.604. The molecule has 0 fully saturated rings. The molecule has 0 saturated heterocycles. The van der Waals surface area contributed by atoms with E-state index in [9.17, 15) is 9.50 Å². The average molecular weight is 231 g/mol. The van der Waals surface area contributed by atoms with Crippen molar-refractivity contribution in [3.63, 3.8) is 0 Å². The van der Waals surface area contributed by atoms with Gasteiger partial charge in [-0.25, -0.2) is 4.39 Å². The Bertz CT molecular complexity index is 499. The maximum atomic E-state index is 12.9. The SMILES string of the molecule is Cc1cc(F)ccc1CC(O)c1cccnc1. The van der Waals surface area contributed by atoms with Gasteiger partial charge in [0.2, 0.25) is 0 Å². The lowest BCUT2D eigenvalue weighted by Gasteiger charge is -2.12. The third-order valence-electron chi connectivity index (χ3n) is 2.79. The Balaban J connectivity index is 2.16. The van der Waals surface area contributed by atoms with Gasteiger partial charge in [0, 0.05) is 18.8 Å². The highest BCUT2D eigenvalue weighted by Gasteiger charge is 2.10. The summed E-state index contributed by atoms with van der Waals surface area (Å²) < 4.78 is 12.9. The molecule has 17 heavy (non-hydrogen) atoms. The van der Waals surface area contributed by atoms with E-state index in [1.54, 1.807) is 24.5 Å². The van der Waals surface area contributed by atoms with Crippen molar-refractivity contribution < 1.29 is 9.50 Å². The third kappa shape index (κ3) is 2.88. The molecule has 1 unspecified atom stereocenters. The first-order valence-corrected chi connectivity index (χ1v) is 5.50. The van der Waals surface area contributed by atoms with Crippen LogP contribution in [0.3, 0.4) is 0 Å². The summed E-state index contributed by atoms with van der Waals surface area (Å²) in [6.07, 6.45) is 3.17. The third-order valence-corrected chi connectivity index (χ3v) is 2.79. The Morgan fingerprint density at radius 3 is 2.82 bits per heavy atom. The van der Waals surface area contributed by atoms with Crippen molar-refractivity contribution in [2.75, 3.05) is 0 Å². The smallest absolute Gasteiger partial charge is 0.123 e. The van der Waals surface area contributed by atoms with E-state index in [0.717, 1.165) is 16.7 Å². The van der Waals surface area contributed by atoms with E-state index in [2.05, 4.69) is 4.98 Å². The second kappa shape index (κ2) is 5.06. The van der Waals surface area contributed by atoms with Crippen molar-refractivity contribution in [2.24, 2.45) is 0 Å². The molecule has 2 aromatic rings. The lowest BCUT2D eigenvalue weighted by atomic mass is 9.99. The zero-order valence-corrected chi connectivity index (χ0v) is 9.60. The number of pyridine rings is 1. The van der Waals surface area contributed by atoms with Gasteiger partial charge in [0.25, 0.3) is 0 Å². The standard InChI is InChI=1S/C14H14FNO/c1-10-7-13(15)5-4-11(10)8-14(17)12-3-2-6-16-9-12/h2-7,9,14,17H,8H2,1H3. The highest BCUT2D eigenvalue weighted by atomic mass is 19.1. The van der Waals surface area contributed by atoms with Crippen LogP contribution in [0.25, 0.3) is 0 Å². The van der Waals surface area contributed by atoms with Gasteiger partial charge in [-0.15, -0.1) is 0 Å². The van der Waals surface area contributed by atoms with Crippen LogP contribution in [0.2, 0.25) is 0 Å². The van der Waals surface area contributed by atoms with Crippen LogP contribution < -0.4 is 0 Å². The first kappa shape index (κ1) is 11.7. The molecule has 0 aliphatic rings. The molecule has 0 amide bonds. The molecule has 1 atom stereocenters. The van der Waals surface area contributed by atoms with Crippen LogP contribution in [0.4, 0.5) is 4.39 Å². The van der Waals surface area contributed by atoms with Crippen molar-refractivity contribution in [3.05, 3.63) is 65.2 Å². The van der Waals surface area contributed by atoms with Crippen LogP contribution in [-0.2, 0) is 6.42 Å². The average Bonchev–Trinajstić information content (AvgIpc) is 2.34. The fraction of sp³-hybridized carbons (Fsp3) is 0.214. The summed E-state index contributed by atoms with van der Waals surface area (Å²) in [5.41, 5.74) is 2.58. The number of hydrogen-bond acceptors (Lipinski definition) is 2. The van der Waals surface area contributed by atoms with Gasteiger partial charge in [-0.05, 0) is 41.8 Å². The van der Waals surface area contributed by atoms with Crippen LogP contribution in [-0.4, -0.2) is 10.1 Å². The molecule has 2 rings (SSSR count). The first-order valence-electron chi connectivity index (χ1n) is 5.50. The number of aryl methyl sites for hydroxylation is 1.